The van der Waals surface area contributed by atoms with Crippen LogP contribution in [0.1, 0.15) is 0 Å². The molecular weight excluding hydrogens is 379 g/mol. The molecule has 5 nitrogen and oxygen atoms in total. The molecule has 1 aromatic heterocycles. The summed E-state index contributed by atoms with van der Waals surface area (Å²) < 4.78 is 20.3. The number of methoxy groups -OCH3 is 1. The van der Waals surface area contributed by atoms with Gasteiger partial charge in [-0.25, -0.2) is 9.18 Å². The second-order valence-electron chi connectivity index (χ2n) is 6.00. The van der Waals surface area contributed by atoms with E-state index >= 15 is 0 Å². The molecule has 1 atom stereocenters. The Morgan fingerprint density at radius 2 is 2.04 bits per heavy atom. The molecule has 0 saturated carbocycles. The van der Waals surface area contributed by atoms with Gasteiger partial charge in [-0.05, 0) is 23.8 Å². The molecule has 1 aliphatic rings. The van der Waals surface area contributed by atoms with E-state index in [4.69, 9.17) is 16.3 Å². The fraction of sp³-hybridized carbons (Fsp3) is 0.222. The van der Waals surface area contributed by atoms with Crippen molar-refractivity contribution in [3.05, 3.63) is 62.0 Å². The lowest BCUT2D eigenvalue weighted by molar-refractivity contribution is 0.107. The summed E-state index contributed by atoms with van der Waals surface area (Å²) in [4.78, 5) is 27.8. The van der Waals surface area contributed by atoms with Crippen molar-refractivity contribution in [3.8, 4) is 11.1 Å². The third-order valence-electron chi connectivity index (χ3n) is 4.45. The SMILES string of the molecule is CO[C@@H]1CSc2c(-c3ccc(F)cc3)c(Cl)cc3c(=O)[nH]c(=O)n(c23)C1. The van der Waals surface area contributed by atoms with Crippen LogP contribution in [-0.2, 0) is 11.3 Å². The van der Waals surface area contributed by atoms with Gasteiger partial charge in [0.15, 0.2) is 0 Å². The number of halogens is 2. The third-order valence-corrected chi connectivity index (χ3v) is 5.98. The van der Waals surface area contributed by atoms with Crippen molar-refractivity contribution >= 4 is 34.3 Å². The lowest BCUT2D eigenvalue weighted by atomic mass is 10.0. The molecule has 8 heteroatoms. The lowest BCUT2D eigenvalue weighted by Crippen LogP contribution is -2.34. The van der Waals surface area contributed by atoms with Crippen LogP contribution in [0.2, 0.25) is 5.02 Å². The number of ether oxygens (including phenoxy) is 1. The molecule has 0 radical (unpaired) electrons. The van der Waals surface area contributed by atoms with Crippen molar-refractivity contribution < 1.29 is 9.13 Å². The number of hydrogen-bond acceptors (Lipinski definition) is 4. The average Bonchev–Trinajstić information content (AvgIpc) is 2.81. The van der Waals surface area contributed by atoms with Crippen LogP contribution in [0.5, 0.6) is 0 Å². The van der Waals surface area contributed by atoms with Gasteiger partial charge in [-0.1, -0.05) is 23.7 Å². The number of aromatic nitrogens is 2. The zero-order chi connectivity index (χ0) is 18.4. The molecule has 0 fully saturated rings. The number of H-pyrrole nitrogens is 1. The molecule has 1 aliphatic heterocycles. The highest BCUT2D eigenvalue weighted by atomic mass is 35.5. The highest BCUT2D eigenvalue weighted by Gasteiger charge is 2.25. The van der Waals surface area contributed by atoms with Gasteiger partial charge in [0.25, 0.3) is 5.56 Å². The van der Waals surface area contributed by atoms with Crippen LogP contribution in [0.25, 0.3) is 22.0 Å². The first-order valence-corrected chi connectivity index (χ1v) is 9.27. The number of hydrogen-bond donors (Lipinski definition) is 1. The number of benzene rings is 2. The zero-order valence-corrected chi connectivity index (χ0v) is 15.3. The van der Waals surface area contributed by atoms with Crippen LogP contribution < -0.4 is 11.2 Å². The summed E-state index contributed by atoms with van der Waals surface area (Å²) in [5.41, 5.74) is 0.967. The van der Waals surface area contributed by atoms with Gasteiger partial charge in [0.2, 0.25) is 0 Å². The van der Waals surface area contributed by atoms with Crippen molar-refractivity contribution in [3.63, 3.8) is 0 Å². The zero-order valence-electron chi connectivity index (χ0n) is 13.7. The number of thioether (sulfide) groups is 1. The molecule has 1 N–H and O–H groups in total. The van der Waals surface area contributed by atoms with Gasteiger partial charge < -0.3 is 4.74 Å². The Morgan fingerprint density at radius 3 is 2.73 bits per heavy atom. The van der Waals surface area contributed by atoms with Gasteiger partial charge in [-0.2, -0.15) is 0 Å². The number of rotatable bonds is 2. The summed E-state index contributed by atoms with van der Waals surface area (Å²) in [7, 11) is 1.59. The Labute approximate surface area is 156 Å². The van der Waals surface area contributed by atoms with E-state index < -0.39 is 11.2 Å². The maximum Gasteiger partial charge on any atom is 0.328 e. The number of nitrogens with zero attached hydrogens (tertiary/aromatic N) is 1. The fourth-order valence-corrected chi connectivity index (χ4v) is 4.86. The largest absolute Gasteiger partial charge is 0.379 e. The molecule has 4 rings (SSSR count). The minimum atomic E-state index is -0.485. The molecule has 2 aromatic carbocycles. The van der Waals surface area contributed by atoms with E-state index in [1.165, 1.54) is 28.5 Å². The highest BCUT2D eigenvalue weighted by molar-refractivity contribution is 7.99. The summed E-state index contributed by atoms with van der Waals surface area (Å²) in [6.07, 6.45) is -0.195. The fourth-order valence-electron chi connectivity index (χ4n) is 3.17. The molecule has 0 amide bonds. The molecule has 0 saturated heterocycles. The first kappa shape index (κ1) is 17.3. The monoisotopic (exact) mass is 392 g/mol. The average molecular weight is 393 g/mol. The third kappa shape index (κ3) is 2.76. The van der Waals surface area contributed by atoms with Crippen molar-refractivity contribution in [2.24, 2.45) is 0 Å². The van der Waals surface area contributed by atoms with Gasteiger partial charge in [0.1, 0.15) is 5.82 Å². The standard InChI is InChI=1S/C18H14ClFN2O3S/c1-25-11-7-22-15-12(17(23)21-18(22)24)6-13(19)14(16(15)26-8-11)9-2-4-10(20)5-3-9/h2-6,11H,7-8H2,1H3,(H,21,23,24)/t11-/m0/s1. The first-order valence-electron chi connectivity index (χ1n) is 7.90. The summed E-state index contributed by atoms with van der Waals surface area (Å²) >= 11 is 7.97. The smallest absolute Gasteiger partial charge is 0.328 e. The maximum atomic E-state index is 13.3. The second-order valence-corrected chi connectivity index (χ2v) is 7.44. The highest BCUT2D eigenvalue weighted by Crippen LogP contribution is 2.42. The summed E-state index contributed by atoms with van der Waals surface area (Å²) in [6.45, 7) is 0.326. The molecular formula is C18H14ClFN2O3S. The van der Waals surface area contributed by atoms with Crippen LogP contribution in [0.15, 0.2) is 44.8 Å². The Kier molecular flexibility index (Phi) is 4.38. The quantitative estimate of drug-likeness (QED) is 0.727. The van der Waals surface area contributed by atoms with E-state index in [-0.39, 0.29) is 11.9 Å². The van der Waals surface area contributed by atoms with Crippen LogP contribution in [0.4, 0.5) is 4.39 Å². The topological polar surface area (TPSA) is 64.1 Å². The number of nitrogens with one attached hydrogen (secondary N) is 1. The molecule has 0 spiro atoms. The maximum absolute atomic E-state index is 13.3. The second kappa shape index (κ2) is 6.57. The molecule has 0 bridgehead atoms. The number of aromatic amines is 1. The molecule has 2 heterocycles. The predicted molar refractivity (Wildman–Crippen MR) is 101 cm³/mol. The van der Waals surface area contributed by atoms with Gasteiger partial charge >= 0.3 is 5.69 Å². The Hall–Kier alpha value is -2.09. The molecule has 26 heavy (non-hydrogen) atoms. The van der Waals surface area contributed by atoms with E-state index in [9.17, 15) is 14.0 Å². The van der Waals surface area contributed by atoms with Gasteiger partial charge in [0, 0.05) is 23.3 Å². The summed E-state index contributed by atoms with van der Waals surface area (Å²) in [5, 5.41) is 0.720. The van der Waals surface area contributed by atoms with E-state index in [1.54, 1.807) is 25.3 Å². The van der Waals surface area contributed by atoms with E-state index in [2.05, 4.69) is 4.98 Å². The summed E-state index contributed by atoms with van der Waals surface area (Å²) in [6, 6.07) is 7.53. The van der Waals surface area contributed by atoms with Crippen molar-refractivity contribution in [1.29, 1.82) is 0 Å². The van der Waals surface area contributed by atoms with Crippen LogP contribution in [-0.4, -0.2) is 28.5 Å². The molecule has 0 aliphatic carbocycles. The van der Waals surface area contributed by atoms with E-state index in [0.29, 0.717) is 33.8 Å². The minimum absolute atomic E-state index is 0.195. The van der Waals surface area contributed by atoms with Crippen molar-refractivity contribution in [1.82, 2.24) is 9.55 Å². The van der Waals surface area contributed by atoms with E-state index in [1.807, 2.05) is 0 Å². The Morgan fingerprint density at radius 1 is 1.31 bits per heavy atom. The van der Waals surface area contributed by atoms with Crippen LogP contribution >= 0.6 is 23.4 Å². The molecule has 0 unspecified atom stereocenters. The summed E-state index contributed by atoms with van der Waals surface area (Å²) in [5.74, 6) is 0.243. The van der Waals surface area contributed by atoms with Crippen molar-refractivity contribution in [2.45, 2.75) is 17.5 Å². The normalized spacial score (nSPS) is 16.7. The van der Waals surface area contributed by atoms with Crippen LogP contribution in [0, 0.1) is 5.82 Å². The van der Waals surface area contributed by atoms with Crippen molar-refractivity contribution in [2.75, 3.05) is 12.9 Å². The van der Waals surface area contributed by atoms with Gasteiger partial charge in [-0.15, -0.1) is 11.8 Å². The van der Waals surface area contributed by atoms with Crippen LogP contribution in [0.3, 0.4) is 0 Å². The molecule has 3 aromatic rings. The Balaban J connectivity index is 2.12. The first-order chi connectivity index (χ1) is 12.5. The van der Waals surface area contributed by atoms with Gasteiger partial charge in [-0.3, -0.25) is 14.3 Å². The minimum Gasteiger partial charge on any atom is -0.379 e. The van der Waals surface area contributed by atoms with Gasteiger partial charge in [0.05, 0.1) is 28.6 Å². The van der Waals surface area contributed by atoms with E-state index in [0.717, 1.165) is 10.5 Å². The predicted octanol–water partition coefficient (Wildman–Crippen LogP) is 3.27. The molecule has 134 valence electrons. The Bertz CT molecular complexity index is 1120. The lowest BCUT2D eigenvalue weighted by Gasteiger charge is -2.15.